The van der Waals surface area contributed by atoms with E-state index in [1.807, 2.05) is 0 Å². The van der Waals surface area contributed by atoms with Crippen LogP contribution in [-0.2, 0) is 65.4 Å². The van der Waals surface area contributed by atoms with Crippen LogP contribution in [0, 0.1) is 11.8 Å². The molecular weight excluding hydrogens is 1320 g/mol. The molecule has 0 saturated carbocycles. The van der Waals surface area contributed by atoms with E-state index < -0.39 is 97.5 Å². The van der Waals surface area contributed by atoms with Gasteiger partial charge in [-0.25, -0.2) is 9.13 Å². The van der Waals surface area contributed by atoms with Gasteiger partial charge in [0.05, 0.1) is 26.4 Å². The largest absolute Gasteiger partial charge is 0.472 e. The maximum absolute atomic E-state index is 13.1. The Bertz CT molecular complexity index is 1940. The number of hydrogen-bond acceptors (Lipinski definition) is 15. The van der Waals surface area contributed by atoms with Crippen molar-refractivity contribution in [2.45, 2.75) is 452 Å². The van der Waals surface area contributed by atoms with Crippen molar-refractivity contribution < 1.29 is 80.2 Å². The first-order valence-electron chi connectivity index (χ1n) is 42.5. The van der Waals surface area contributed by atoms with Crippen LogP contribution in [0.1, 0.15) is 433 Å². The minimum atomic E-state index is -4.96. The van der Waals surface area contributed by atoms with Crippen molar-refractivity contribution in [2.24, 2.45) is 11.8 Å². The highest BCUT2D eigenvalue weighted by Gasteiger charge is 2.30. The maximum Gasteiger partial charge on any atom is 0.472 e. The van der Waals surface area contributed by atoms with E-state index in [4.69, 9.17) is 37.0 Å². The smallest absolute Gasteiger partial charge is 0.462 e. The lowest BCUT2D eigenvalue weighted by Gasteiger charge is -2.21. The summed E-state index contributed by atoms with van der Waals surface area (Å²) < 4.78 is 68.8. The van der Waals surface area contributed by atoms with Crippen molar-refractivity contribution >= 4 is 39.5 Å². The predicted octanol–water partition coefficient (Wildman–Crippen LogP) is 24.7. The summed E-state index contributed by atoms with van der Waals surface area (Å²) in [6.45, 7) is 9.70. The molecule has 0 saturated heterocycles. The Morgan fingerprint density at radius 1 is 0.267 bits per heavy atom. The topological polar surface area (TPSA) is 237 Å². The van der Waals surface area contributed by atoms with Crippen molar-refractivity contribution in [1.29, 1.82) is 0 Å². The fourth-order valence-corrected chi connectivity index (χ4v) is 14.3. The van der Waals surface area contributed by atoms with Crippen molar-refractivity contribution in [1.82, 2.24) is 0 Å². The summed E-state index contributed by atoms with van der Waals surface area (Å²) in [4.78, 5) is 73.1. The van der Waals surface area contributed by atoms with Gasteiger partial charge in [0, 0.05) is 25.7 Å². The van der Waals surface area contributed by atoms with Crippen LogP contribution in [0.3, 0.4) is 0 Å². The molecule has 0 bridgehead atoms. The van der Waals surface area contributed by atoms with Crippen LogP contribution in [0.25, 0.3) is 0 Å². The van der Waals surface area contributed by atoms with Crippen LogP contribution >= 0.6 is 15.6 Å². The summed E-state index contributed by atoms with van der Waals surface area (Å²) in [5, 5.41) is 10.7. The number of rotatable bonds is 81. The number of hydrogen-bond donors (Lipinski definition) is 3. The Balaban J connectivity index is 5.26. The molecule has 0 aromatic heterocycles. The lowest BCUT2D eigenvalue weighted by Crippen LogP contribution is -2.30. The molecule has 0 fully saturated rings. The van der Waals surface area contributed by atoms with Crippen molar-refractivity contribution in [3.05, 3.63) is 0 Å². The number of phosphoric acid groups is 2. The van der Waals surface area contributed by atoms with Gasteiger partial charge in [-0.1, -0.05) is 382 Å². The molecule has 3 N–H and O–H groups in total. The number of unbranched alkanes of at least 4 members (excludes halogenated alkanes) is 51. The average Bonchev–Trinajstić information content (AvgIpc) is 1.14. The molecular formula is C82H160O17P2. The van der Waals surface area contributed by atoms with Gasteiger partial charge in [0.1, 0.15) is 19.3 Å². The van der Waals surface area contributed by atoms with E-state index in [-0.39, 0.29) is 25.7 Å². The molecule has 0 heterocycles. The number of carbonyl (C=O) groups excluding carboxylic acids is 4. The number of esters is 4. The molecule has 0 amide bonds. The van der Waals surface area contributed by atoms with E-state index in [2.05, 4.69) is 41.5 Å². The Morgan fingerprint density at radius 3 is 0.673 bits per heavy atom. The summed E-state index contributed by atoms with van der Waals surface area (Å²) >= 11 is 0. The SMILES string of the molecule is CCCCCCCCCCCCCCCCC(=O)O[C@H](COC(=O)CCCCCCCCCCCCCC)COP(=O)(O)OC[C@H](O)COP(=O)(O)OC[C@@H](COC(=O)CCCCCCCCCCCCCCCCC(C)C)OC(=O)CCCCCCCCCCCCCCCCCC(C)C. The normalized spacial score (nSPS) is 13.9. The number of carbonyl (C=O) groups is 4. The van der Waals surface area contributed by atoms with Gasteiger partial charge in [-0.05, 0) is 37.5 Å². The summed E-state index contributed by atoms with van der Waals surface area (Å²) in [5.41, 5.74) is 0. The molecule has 101 heavy (non-hydrogen) atoms. The van der Waals surface area contributed by atoms with E-state index in [1.54, 1.807) is 0 Å². The second kappa shape index (κ2) is 73.6. The fraction of sp³-hybridized carbons (Fsp3) is 0.951. The third-order valence-electron chi connectivity index (χ3n) is 19.2. The quantitative estimate of drug-likeness (QED) is 0.0222. The van der Waals surface area contributed by atoms with Gasteiger partial charge in [-0.2, -0.15) is 0 Å². The van der Waals surface area contributed by atoms with E-state index in [0.29, 0.717) is 25.7 Å². The first-order valence-corrected chi connectivity index (χ1v) is 45.5. The fourth-order valence-electron chi connectivity index (χ4n) is 12.7. The Morgan fingerprint density at radius 2 is 0.455 bits per heavy atom. The molecule has 0 spiro atoms. The highest BCUT2D eigenvalue weighted by atomic mass is 31.2. The first kappa shape index (κ1) is 99.1. The van der Waals surface area contributed by atoms with Gasteiger partial charge >= 0.3 is 39.5 Å². The summed E-state index contributed by atoms with van der Waals surface area (Å²) in [7, 11) is -9.92. The van der Waals surface area contributed by atoms with Gasteiger partial charge in [0.2, 0.25) is 0 Å². The average molecular weight is 1480 g/mol. The van der Waals surface area contributed by atoms with Crippen LogP contribution in [-0.4, -0.2) is 96.7 Å². The summed E-state index contributed by atoms with van der Waals surface area (Å²) in [6.07, 6.45) is 63.6. The van der Waals surface area contributed by atoms with E-state index in [9.17, 15) is 43.2 Å². The van der Waals surface area contributed by atoms with E-state index in [0.717, 1.165) is 102 Å². The van der Waals surface area contributed by atoms with Gasteiger partial charge < -0.3 is 33.8 Å². The molecule has 2 unspecified atom stereocenters. The Hall–Kier alpha value is -1.94. The minimum absolute atomic E-state index is 0.108. The van der Waals surface area contributed by atoms with Gasteiger partial charge in [0.15, 0.2) is 12.2 Å². The minimum Gasteiger partial charge on any atom is -0.462 e. The molecule has 0 rings (SSSR count). The van der Waals surface area contributed by atoms with Crippen LogP contribution in [0.2, 0.25) is 0 Å². The lowest BCUT2D eigenvalue weighted by molar-refractivity contribution is -0.161. The molecule has 0 aliphatic carbocycles. The highest BCUT2D eigenvalue weighted by Crippen LogP contribution is 2.45. The number of aliphatic hydroxyl groups excluding tert-OH is 1. The second-order valence-electron chi connectivity index (χ2n) is 30.5. The molecule has 0 aliphatic rings. The predicted molar refractivity (Wildman–Crippen MR) is 414 cm³/mol. The number of ether oxygens (including phenoxy) is 4. The second-order valence-corrected chi connectivity index (χ2v) is 33.4. The zero-order valence-corrected chi connectivity index (χ0v) is 68.0. The van der Waals surface area contributed by atoms with Crippen LogP contribution in [0.5, 0.6) is 0 Å². The zero-order chi connectivity index (χ0) is 74.2. The highest BCUT2D eigenvalue weighted by molar-refractivity contribution is 7.47. The maximum atomic E-state index is 13.1. The Kier molecular flexibility index (Phi) is 72.2. The van der Waals surface area contributed by atoms with Crippen LogP contribution in [0.4, 0.5) is 0 Å². The molecule has 17 nitrogen and oxygen atoms in total. The molecule has 600 valence electrons. The number of aliphatic hydroxyl groups is 1. The van der Waals surface area contributed by atoms with Crippen LogP contribution < -0.4 is 0 Å². The van der Waals surface area contributed by atoms with Crippen molar-refractivity contribution in [3.8, 4) is 0 Å². The van der Waals surface area contributed by atoms with Gasteiger partial charge in [-0.15, -0.1) is 0 Å². The molecule has 0 radical (unpaired) electrons. The molecule has 0 aromatic rings. The van der Waals surface area contributed by atoms with Gasteiger partial charge in [0.25, 0.3) is 0 Å². The van der Waals surface area contributed by atoms with E-state index in [1.165, 1.54) is 250 Å². The summed E-state index contributed by atoms with van der Waals surface area (Å²) in [6, 6.07) is 0. The van der Waals surface area contributed by atoms with Crippen molar-refractivity contribution in [2.75, 3.05) is 39.6 Å². The van der Waals surface area contributed by atoms with Crippen LogP contribution in [0.15, 0.2) is 0 Å². The van der Waals surface area contributed by atoms with Gasteiger partial charge in [-0.3, -0.25) is 37.3 Å². The summed E-state index contributed by atoms with van der Waals surface area (Å²) in [5.74, 6) is -0.502. The van der Waals surface area contributed by atoms with Crippen molar-refractivity contribution in [3.63, 3.8) is 0 Å². The number of phosphoric ester groups is 2. The Labute approximate surface area is 619 Å². The molecule has 0 aliphatic heterocycles. The molecule has 0 aromatic carbocycles. The third-order valence-corrected chi connectivity index (χ3v) is 21.1. The zero-order valence-electron chi connectivity index (χ0n) is 66.2. The van der Waals surface area contributed by atoms with E-state index >= 15 is 0 Å². The molecule has 19 heteroatoms. The third kappa shape index (κ3) is 76.1. The standard InChI is InChI=1S/C82H160O17P2/c1-7-9-11-13-15-17-19-21-29-36-42-48-54-60-66-81(86)98-77(70-92-79(84)64-58-52-46-40-34-20-18-16-14-12-10-8-2)72-96-100(88,89)94-68-76(83)69-95-101(90,91)97-73-78(71-93-80(85)65-59-53-47-41-35-30-26-25-28-33-39-45-51-57-63-75(5)6)99-82(87)67-61-55-49-43-37-31-24-22-23-27-32-38-44-50-56-62-74(3)4/h74-78,83H,7-73H2,1-6H3,(H,88,89)(H,90,91)/t76-,77+,78+/m0/s1. The first-order chi connectivity index (χ1) is 48.9. The lowest BCUT2D eigenvalue weighted by atomic mass is 10.0. The monoisotopic (exact) mass is 1480 g/mol. The molecule has 5 atom stereocenters.